The molecule has 1 aromatic heterocycles. The van der Waals surface area contributed by atoms with Crippen LogP contribution < -0.4 is 10.6 Å². The van der Waals surface area contributed by atoms with Crippen molar-refractivity contribution >= 4 is 46.4 Å². The molecule has 0 aliphatic heterocycles. The van der Waals surface area contributed by atoms with Crippen molar-refractivity contribution in [2.45, 2.75) is 0 Å². The Morgan fingerprint density at radius 1 is 1.08 bits per heavy atom. The molecule has 0 radical (unpaired) electrons. The van der Waals surface area contributed by atoms with Gasteiger partial charge in [-0.15, -0.1) is 11.3 Å². The number of ether oxygens (including phenoxy) is 1. The van der Waals surface area contributed by atoms with Crippen LogP contribution >= 0.6 is 22.9 Å². The summed E-state index contributed by atoms with van der Waals surface area (Å²) in [6.45, 7) is -1.01. The zero-order chi connectivity index (χ0) is 18.4. The zero-order valence-electron chi connectivity index (χ0n) is 12.5. The summed E-state index contributed by atoms with van der Waals surface area (Å²) in [6.07, 6.45) is 0. The Morgan fingerprint density at radius 2 is 1.84 bits per heavy atom. The zero-order valence-corrected chi connectivity index (χ0v) is 14.0. The molecule has 0 bridgehead atoms. The molecule has 2 aromatic rings. The first-order valence-corrected chi connectivity index (χ1v) is 7.98. The summed E-state index contributed by atoms with van der Waals surface area (Å²) in [5.74, 6) is -4.21. The second-order valence-corrected chi connectivity index (χ2v) is 6.35. The number of hydrogen-bond acceptors (Lipinski definition) is 5. The fraction of sp³-hybridized carbons (Fsp3) is 0.133. The summed E-state index contributed by atoms with van der Waals surface area (Å²) in [4.78, 5) is 35.0. The van der Waals surface area contributed by atoms with E-state index in [0.29, 0.717) is 4.34 Å². The maximum atomic E-state index is 13.0. The molecule has 1 aromatic carbocycles. The van der Waals surface area contributed by atoms with Gasteiger partial charge in [-0.1, -0.05) is 11.6 Å². The van der Waals surface area contributed by atoms with Crippen molar-refractivity contribution in [2.75, 3.05) is 18.5 Å². The van der Waals surface area contributed by atoms with E-state index >= 15 is 0 Å². The number of rotatable bonds is 6. The van der Waals surface area contributed by atoms with Crippen LogP contribution in [0.1, 0.15) is 9.67 Å². The van der Waals surface area contributed by atoms with Gasteiger partial charge in [0, 0.05) is 11.8 Å². The van der Waals surface area contributed by atoms with Crippen LogP contribution in [-0.2, 0) is 14.3 Å². The molecular formula is C15H11ClF2N2O4S. The third kappa shape index (κ3) is 5.80. The van der Waals surface area contributed by atoms with Crippen LogP contribution in [0.5, 0.6) is 0 Å². The summed E-state index contributed by atoms with van der Waals surface area (Å²) < 4.78 is 30.9. The Bertz CT molecular complexity index is 813. The van der Waals surface area contributed by atoms with Gasteiger partial charge < -0.3 is 15.4 Å². The lowest BCUT2D eigenvalue weighted by atomic mass is 10.3. The highest BCUT2D eigenvalue weighted by Crippen LogP contribution is 2.21. The molecule has 132 valence electrons. The van der Waals surface area contributed by atoms with Crippen molar-refractivity contribution < 1.29 is 27.9 Å². The molecule has 10 heteroatoms. The van der Waals surface area contributed by atoms with Gasteiger partial charge in [0.2, 0.25) is 5.91 Å². The molecule has 2 rings (SSSR count). The minimum Gasteiger partial charge on any atom is -0.451 e. The molecule has 25 heavy (non-hydrogen) atoms. The van der Waals surface area contributed by atoms with Crippen LogP contribution in [0, 0.1) is 11.6 Å². The van der Waals surface area contributed by atoms with Crippen LogP contribution in [0.25, 0.3) is 0 Å². The maximum Gasteiger partial charge on any atom is 0.348 e. The molecule has 0 fully saturated rings. The van der Waals surface area contributed by atoms with Gasteiger partial charge in [-0.25, -0.2) is 13.6 Å². The van der Waals surface area contributed by atoms with E-state index < -0.39 is 42.6 Å². The number of nitrogens with one attached hydrogen (secondary N) is 2. The summed E-state index contributed by atoms with van der Waals surface area (Å²) >= 11 is 6.69. The first-order valence-electron chi connectivity index (χ1n) is 6.79. The number of benzene rings is 1. The molecule has 0 saturated heterocycles. The average Bonchev–Trinajstić information content (AvgIpc) is 3.00. The maximum absolute atomic E-state index is 13.0. The molecule has 0 atom stereocenters. The molecule has 0 aliphatic rings. The van der Waals surface area contributed by atoms with Crippen molar-refractivity contribution in [3.8, 4) is 0 Å². The van der Waals surface area contributed by atoms with E-state index in [1.54, 1.807) is 0 Å². The largest absolute Gasteiger partial charge is 0.451 e. The lowest BCUT2D eigenvalue weighted by Gasteiger charge is -2.07. The number of anilines is 1. The quantitative estimate of drug-likeness (QED) is 0.745. The number of hydrogen-bond donors (Lipinski definition) is 2. The third-order valence-electron chi connectivity index (χ3n) is 2.76. The van der Waals surface area contributed by atoms with Gasteiger partial charge in [-0.2, -0.15) is 0 Å². The SMILES string of the molecule is O=C(COC(=O)c1ccc(Cl)s1)NCC(=O)Nc1ccc(F)c(F)c1. The number of carbonyl (C=O) groups is 3. The average molecular weight is 389 g/mol. The highest BCUT2D eigenvalue weighted by atomic mass is 35.5. The van der Waals surface area contributed by atoms with E-state index in [0.717, 1.165) is 23.5 Å². The van der Waals surface area contributed by atoms with Crippen LogP contribution in [0.3, 0.4) is 0 Å². The van der Waals surface area contributed by atoms with Gasteiger partial charge in [0.25, 0.3) is 5.91 Å². The highest BCUT2D eigenvalue weighted by molar-refractivity contribution is 7.17. The van der Waals surface area contributed by atoms with Crippen LogP contribution in [0.15, 0.2) is 30.3 Å². The Morgan fingerprint density at radius 3 is 2.48 bits per heavy atom. The summed E-state index contributed by atoms with van der Waals surface area (Å²) in [7, 11) is 0. The van der Waals surface area contributed by atoms with E-state index in [9.17, 15) is 23.2 Å². The number of carbonyl (C=O) groups excluding carboxylic acids is 3. The lowest BCUT2D eigenvalue weighted by molar-refractivity contribution is -0.126. The van der Waals surface area contributed by atoms with Gasteiger partial charge in [0.1, 0.15) is 4.88 Å². The molecule has 0 aliphatic carbocycles. The van der Waals surface area contributed by atoms with Gasteiger partial charge in [0.15, 0.2) is 18.2 Å². The third-order valence-corrected chi connectivity index (χ3v) is 3.97. The topological polar surface area (TPSA) is 84.5 Å². The molecule has 2 N–H and O–H groups in total. The number of halogens is 3. The minimum absolute atomic E-state index is 0.0409. The second-order valence-electron chi connectivity index (χ2n) is 4.63. The standard InChI is InChI=1S/C15H11ClF2N2O4S/c16-12-4-3-11(25-12)15(23)24-7-14(22)19-6-13(21)20-8-1-2-9(17)10(18)5-8/h1-5H,6-7H2,(H,19,22)(H,20,21). The highest BCUT2D eigenvalue weighted by Gasteiger charge is 2.13. The van der Waals surface area contributed by atoms with E-state index in [4.69, 9.17) is 16.3 Å². The van der Waals surface area contributed by atoms with Crippen molar-refractivity contribution in [1.29, 1.82) is 0 Å². The van der Waals surface area contributed by atoms with Gasteiger partial charge in [0.05, 0.1) is 10.9 Å². The number of amides is 2. The Balaban J connectivity index is 1.72. The van der Waals surface area contributed by atoms with Crippen LogP contribution in [-0.4, -0.2) is 30.9 Å². The van der Waals surface area contributed by atoms with E-state index in [1.165, 1.54) is 18.2 Å². The predicted octanol–water partition coefficient (Wildman–Crippen LogP) is 2.59. The smallest absolute Gasteiger partial charge is 0.348 e. The monoisotopic (exact) mass is 388 g/mol. The summed E-state index contributed by atoms with van der Waals surface area (Å²) in [5.41, 5.74) is 0.0409. The van der Waals surface area contributed by atoms with Crippen molar-refractivity contribution in [3.63, 3.8) is 0 Å². The second kappa shape index (κ2) is 8.54. The van der Waals surface area contributed by atoms with Gasteiger partial charge in [-0.3, -0.25) is 9.59 Å². The Labute approximate surface area is 149 Å². The summed E-state index contributed by atoms with van der Waals surface area (Å²) in [6, 6.07) is 5.82. The minimum atomic E-state index is -1.11. The number of esters is 1. The van der Waals surface area contributed by atoms with Crippen LogP contribution in [0.4, 0.5) is 14.5 Å². The molecule has 0 unspecified atom stereocenters. The van der Waals surface area contributed by atoms with E-state index in [1.807, 2.05) is 0 Å². The molecule has 2 amide bonds. The normalized spacial score (nSPS) is 10.2. The fourth-order valence-electron chi connectivity index (χ4n) is 1.64. The first kappa shape index (κ1) is 18.8. The van der Waals surface area contributed by atoms with Gasteiger partial charge >= 0.3 is 5.97 Å². The Hall–Kier alpha value is -2.52. The van der Waals surface area contributed by atoms with Gasteiger partial charge in [-0.05, 0) is 24.3 Å². The fourth-order valence-corrected chi connectivity index (χ4v) is 2.57. The molecule has 0 spiro atoms. The van der Waals surface area contributed by atoms with E-state index in [-0.39, 0.29) is 10.6 Å². The predicted molar refractivity (Wildman–Crippen MR) is 87.6 cm³/mol. The molecular weight excluding hydrogens is 378 g/mol. The summed E-state index contributed by atoms with van der Waals surface area (Å²) in [5, 5.41) is 4.50. The molecule has 0 saturated carbocycles. The van der Waals surface area contributed by atoms with Crippen molar-refractivity contribution in [3.05, 3.63) is 51.2 Å². The van der Waals surface area contributed by atoms with E-state index in [2.05, 4.69) is 10.6 Å². The van der Waals surface area contributed by atoms with Crippen molar-refractivity contribution in [2.24, 2.45) is 0 Å². The Kier molecular flexibility index (Phi) is 6.43. The van der Waals surface area contributed by atoms with Crippen molar-refractivity contribution in [1.82, 2.24) is 5.32 Å². The first-order chi connectivity index (χ1) is 11.8. The van der Waals surface area contributed by atoms with Crippen LogP contribution in [0.2, 0.25) is 4.34 Å². The lowest BCUT2D eigenvalue weighted by Crippen LogP contribution is -2.35. The molecule has 1 heterocycles. The molecule has 6 nitrogen and oxygen atoms in total. The number of thiophene rings is 1.